The fourth-order valence-corrected chi connectivity index (χ4v) is 3.39. The van der Waals surface area contributed by atoms with Gasteiger partial charge in [-0.1, -0.05) is 30.3 Å². The van der Waals surface area contributed by atoms with Crippen molar-refractivity contribution in [2.75, 3.05) is 18.4 Å². The normalized spacial score (nSPS) is 14.5. The number of aryl methyl sites for hydroxylation is 1. The number of hydrogen-bond donors (Lipinski definition) is 2. The zero-order valence-electron chi connectivity index (χ0n) is 15.6. The van der Waals surface area contributed by atoms with Gasteiger partial charge in [0.25, 0.3) is 0 Å². The molecule has 0 bridgehead atoms. The molecule has 0 radical (unpaired) electrons. The lowest BCUT2D eigenvalue weighted by Gasteiger charge is -2.31. The van der Waals surface area contributed by atoms with Gasteiger partial charge in [-0.15, -0.1) is 0 Å². The van der Waals surface area contributed by atoms with Crippen LogP contribution in [0.5, 0.6) is 0 Å². The Balaban J connectivity index is 1.44. The van der Waals surface area contributed by atoms with Crippen LogP contribution < -0.4 is 5.32 Å². The summed E-state index contributed by atoms with van der Waals surface area (Å²) in [6.07, 6.45) is 2.48. The maximum atomic E-state index is 12.4. The largest absolute Gasteiger partial charge is 0.478 e. The van der Waals surface area contributed by atoms with E-state index in [1.165, 1.54) is 12.1 Å². The number of piperidine rings is 1. The minimum atomic E-state index is -0.998. The molecule has 2 N–H and O–H groups in total. The van der Waals surface area contributed by atoms with Crippen LogP contribution in [-0.4, -0.2) is 40.9 Å². The topological polar surface area (TPSA) is 86.7 Å². The number of rotatable bonds is 6. The fourth-order valence-electron chi connectivity index (χ4n) is 3.39. The molecule has 0 saturated carbocycles. The Labute approximate surface area is 164 Å². The third kappa shape index (κ3) is 5.19. The van der Waals surface area contributed by atoms with E-state index in [4.69, 9.17) is 5.11 Å². The number of nitrogens with one attached hydrogen (secondary N) is 1. The Kier molecular flexibility index (Phi) is 6.42. The van der Waals surface area contributed by atoms with Gasteiger partial charge in [-0.05, 0) is 49.1 Å². The Morgan fingerprint density at radius 3 is 2.21 bits per heavy atom. The number of benzene rings is 2. The Morgan fingerprint density at radius 1 is 0.964 bits per heavy atom. The highest BCUT2D eigenvalue weighted by Gasteiger charge is 2.27. The second kappa shape index (κ2) is 9.17. The number of carbonyl (C=O) groups excluding carboxylic acids is 2. The van der Waals surface area contributed by atoms with Crippen LogP contribution in [0.2, 0.25) is 0 Å². The summed E-state index contributed by atoms with van der Waals surface area (Å²) >= 11 is 0. The summed E-state index contributed by atoms with van der Waals surface area (Å²) in [5, 5.41) is 11.7. The maximum Gasteiger partial charge on any atom is 0.335 e. The molecule has 28 heavy (non-hydrogen) atoms. The van der Waals surface area contributed by atoms with Crippen molar-refractivity contribution in [3.05, 3.63) is 65.7 Å². The second-order valence-corrected chi connectivity index (χ2v) is 7.01. The second-order valence-electron chi connectivity index (χ2n) is 7.01. The third-order valence-electron chi connectivity index (χ3n) is 5.09. The molecule has 1 fully saturated rings. The zero-order valence-corrected chi connectivity index (χ0v) is 15.6. The number of nitrogens with zero attached hydrogens (tertiary/aromatic N) is 1. The van der Waals surface area contributed by atoms with Crippen LogP contribution in [0.3, 0.4) is 0 Å². The summed E-state index contributed by atoms with van der Waals surface area (Å²) in [4.78, 5) is 37.6. The van der Waals surface area contributed by atoms with Crippen molar-refractivity contribution in [2.24, 2.45) is 5.92 Å². The molecule has 1 aliphatic rings. The molecule has 146 valence electrons. The number of carboxylic acids is 1. The summed E-state index contributed by atoms with van der Waals surface area (Å²) in [5.41, 5.74) is 1.91. The van der Waals surface area contributed by atoms with E-state index in [0.717, 1.165) is 12.0 Å². The number of aromatic carboxylic acids is 1. The molecule has 2 amide bonds. The molecule has 2 aromatic rings. The number of amides is 2. The predicted molar refractivity (Wildman–Crippen MR) is 106 cm³/mol. The van der Waals surface area contributed by atoms with Crippen molar-refractivity contribution < 1.29 is 19.5 Å². The van der Waals surface area contributed by atoms with Gasteiger partial charge in [0, 0.05) is 31.1 Å². The number of anilines is 1. The van der Waals surface area contributed by atoms with Crippen molar-refractivity contribution >= 4 is 23.5 Å². The van der Waals surface area contributed by atoms with Crippen molar-refractivity contribution in [1.29, 1.82) is 0 Å². The van der Waals surface area contributed by atoms with Crippen LogP contribution >= 0.6 is 0 Å². The molecule has 0 aliphatic carbocycles. The van der Waals surface area contributed by atoms with Gasteiger partial charge >= 0.3 is 5.97 Å². The van der Waals surface area contributed by atoms with Gasteiger partial charge < -0.3 is 15.3 Å². The average Bonchev–Trinajstić information content (AvgIpc) is 2.73. The molecule has 0 aromatic heterocycles. The Morgan fingerprint density at radius 2 is 1.61 bits per heavy atom. The van der Waals surface area contributed by atoms with E-state index >= 15 is 0 Å². The molecule has 2 aromatic carbocycles. The zero-order chi connectivity index (χ0) is 19.9. The lowest BCUT2D eigenvalue weighted by Crippen LogP contribution is -2.41. The molecule has 0 unspecified atom stereocenters. The lowest BCUT2D eigenvalue weighted by molar-refractivity contribution is -0.134. The van der Waals surface area contributed by atoms with E-state index in [-0.39, 0.29) is 23.3 Å². The van der Waals surface area contributed by atoms with Gasteiger partial charge in [-0.2, -0.15) is 0 Å². The van der Waals surface area contributed by atoms with Crippen LogP contribution in [0, 0.1) is 5.92 Å². The first-order valence-corrected chi connectivity index (χ1v) is 9.49. The SMILES string of the molecule is O=C(O)c1ccc(NC(=O)C2CCN(C(=O)CCc3ccccc3)CC2)cc1. The third-order valence-corrected chi connectivity index (χ3v) is 5.09. The highest BCUT2D eigenvalue weighted by atomic mass is 16.4. The van der Waals surface area contributed by atoms with Crippen molar-refractivity contribution in [1.82, 2.24) is 4.90 Å². The minimum absolute atomic E-state index is 0.0838. The molecule has 1 aliphatic heterocycles. The average molecular weight is 380 g/mol. The molecular formula is C22H24N2O4. The fraction of sp³-hybridized carbons (Fsp3) is 0.318. The number of carbonyl (C=O) groups is 3. The first-order valence-electron chi connectivity index (χ1n) is 9.49. The van der Waals surface area contributed by atoms with E-state index in [1.807, 2.05) is 35.2 Å². The molecule has 1 saturated heterocycles. The lowest BCUT2D eigenvalue weighted by atomic mass is 9.95. The van der Waals surface area contributed by atoms with E-state index in [2.05, 4.69) is 5.32 Å². The maximum absolute atomic E-state index is 12.4. The van der Waals surface area contributed by atoms with Crippen molar-refractivity contribution in [2.45, 2.75) is 25.7 Å². The number of carboxylic acid groups (broad SMARTS) is 1. The number of hydrogen-bond acceptors (Lipinski definition) is 3. The van der Waals surface area contributed by atoms with Gasteiger partial charge in [0.2, 0.25) is 11.8 Å². The van der Waals surface area contributed by atoms with Crippen molar-refractivity contribution in [3.8, 4) is 0 Å². The van der Waals surface area contributed by atoms with Crippen LogP contribution in [0.25, 0.3) is 0 Å². The Hall–Kier alpha value is -3.15. The number of likely N-dealkylation sites (tertiary alicyclic amines) is 1. The molecule has 6 heteroatoms. The van der Waals surface area contributed by atoms with E-state index in [1.54, 1.807) is 12.1 Å². The van der Waals surface area contributed by atoms with Crippen LogP contribution in [0.4, 0.5) is 5.69 Å². The van der Waals surface area contributed by atoms with Gasteiger partial charge in [0.05, 0.1) is 5.56 Å². The highest BCUT2D eigenvalue weighted by molar-refractivity contribution is 5.94. The summed E-state index contributed by atoms with van der Waals surface area (Å²) in [6.45, 7) is 1.17. The first kappa shape index (κ1) is 19.6. The van der Waals surface area contributed by atoms with Crippen LogP contribution in [-0.2, 0) is 16.0 Å². The van der Waals surface area contributed by atoms with Crippen LogP contribution in [0.15, 0.2) is 54.6 Å². The van der Waals surface area contributed by atoms with E-state index < -0.39 is 5.97 Å². The Bertz CT molecular complexity index is 825. The van der Waals surface area contributed by atoms with E-state index in [0.29, 0.717) is 38.0 Å². The highest BCUT2D eigenvalue weighted by Crippen LogP contribution is 2.21. The molecule has 6 nitrogen and oxygen atoms in total. The smallest absolute Gasteiger partial charge is 0.335 e. The molecule has 3 rings (SSSR count). The van der Waals surface area contributed by atoms with Crippen LogP contribution in [0.1, 0.15) is 35.2 Å². The summed E-state index contributed by atoms with van der Waals surface area (Å²) in [5.74, 6) is -1.09. The minimum Gasteiger partial charge on any atom is -0.478 e. The van der Waals surface area contributed by atoms with Gasteiger partial charge in [0.1, 0.15) is 0 Å². The monoisotopic (exact) mass is 380 g/mol. The molecule has 0 spiro atoms. The summed E-state index contributed by atoms with van der Waals surface area (Å²) in [6, 6.07) is 16.0. The van der Waals surface area contributed by atoms with Gasteiger partial charge in [-0.25, -0.2) is 4.79 Å². The van der Waals surface area contributed by atoms with Gasteiger partial charge in [0.15, 0.2) is 0 Å². The molecular weight excluding hydrogens is 356 g/mol. The van der Waals surface area contributed by atoms with Gasteiger partial charge in [-0.3, -0.25) is 9.59 Å². The standard InChI is InChI=1S/C22H24N2O4/c25-20(11-6-16-4-2-1-3-5-16)24-14-12-17(13-15-24)21(26)23-19-9-7-18(8-10-19)22(27)28/h1-5,7-10,17H,6,11-15H2,(H,23,26)(H,27,28). The summed E-state index contributed by atoms with van der Waals surface area (Å²) < 4.78 is 0. The molecule has 1 heterocycles. The predicted octanol–water partition coefficient (Wildman–Crippen LogP) is 3.19. The quantitative estimate of drug-likeness (QED) is 0.806. The molecule has 0 atom stereocenters. The van der Waals surface area contributed by atoms with Crippen molar-refractivity contribution in [3.63, 3.8) is 0 Å². The summed E-state index contributed by atoms with van der Waals surface area (Å²) in [7, 11) is 0. The van der Waals surface area contributed by atoms with E-state index in [9.17, 15) is 14.4 Å². The first-order chi connectivity index (χ1) is 13.5.